The molecule has 0 bridgehead atoms. The van der Waals surface area contributed by atoms with Crippen molar-refractivity contribution in [3.8, 4) is 0 Å². The summed E-state index contributed by atoms with van der Waals surface area (Å²) in [4.78, 5) is 12.4. The van der Waals surface area contributed by atoms with Gasteiger partial charge in [-0.05, 0) is 48.6 Å². The molecule has 3 heterocycles. The van der Waals surface area contributed by atoms with Gasteiger partial charge in [-0.3, -0.25) is 4.99 Å². The maximum atomic E-state index is 5.61. The molecular formula is C19H27N5OS. The Kier molecular flexibility index (Phi) is 6.46. The number of aromatic nitrogens is 1. The molecule has 1 saturated heterocycles. The van der Waals surface area contributed by atoms with Crippen LogP contribution in [0.5, 0.6) is 0 Å². The van der Waals surface area contributed by atoms with Crippen LogP contribution in [0.4, 0.5) is 5.82 Å². The fourth-order valence-corrected chi connectivity index (χ4v) is 3.77. The molecule has 0 radical (unpaired) electrons. The molecule has 2 aromatic heterocycles. The monoisotopic (exact) mass is 373 g/mol. The Morgan fingerprint density at radius 3 is 2.96 bits per heavy atom. The third-order valence-corrected chi connectivity index (χ3v) is 5.47. The van der Waals surface area contributed by atoms with Crippen LogP contribution < -0.4 is 15.5 Å². The molecule has 0 aromatic carbocycles. The van der Waals surface area contributed by atoms with E-state index in [1.165, 1.54) is 16.0 Å². The van der Waals surface area contributed by atoms with E-state index < -0.39 is 0 Å². The Morgan fingerprint density at radius 1 is 1.38 bits per heavy atom. The molecular weight excluding hydrogens is 346 g/mol. The number of morpholine rings is 1. The van der Waals surface area contributed by atoms with Gasteiger partial charge in [0.05, 0.1) is 19.3 Å². The molecule has 26 heavy (non-hydrogen) atoms. The molecule has 6 nitrogen and oxygen atoms in total. The first kappa shape index (κ1) is 18.7. The zero-order valence-electron chi connectivity index (χ0n) is 15.7. The lowest BCUT2D eigenvalue weighted by atomic mass is 10.2. The number of aryl methyl sites for hydroxylation is 1. The number of rotatable bonds is 5. The second-order valence-corrected chi connectivity index (χ2v) is 7.46. The minimum atomic E-state index is 0.246. The number of thiophene rings is 1. The molecule has 7 heteroatoms. The van der Waals surface area contributed by atoms with Crippen LogP contribution in [0.2, 0.25) is 0 Å². The first-order valence-electron chi connectivity index (χ1n) is 8.94. The topological polar surface area (TPSA) is 61.8 Å². The SMILES string of the molecule is CN=C(NCc1ccnc(N2CCOC(C)C2)c1)NCc1sccc1C. The highest BCUT2D eigenvalue weighted by molar-refractivity contribution is 7.10. The molecule has 140 valence electrons. The smallest absolute Gasteiger partial charge is 0.191 e. The summed E-state index contributed by atoms with van der Waals surface area (Å²) in [6.45, 7) is 8.25. The fourth-order valence-electron chi connectivity index (χ4n) is 2.93. The van der Waals surface area contributed by atoms with Crippen LogP contribution >= 0.6 is 11.3 Å². The lowest BCUT2D eigenvalue weighted by Crippen LogP contribution is -2.41. The van der Waals surface area contributed by atoms with Crippen LogP contribution in [0.25, 0.3) is 0 Å². The van der Waals surface area contributed by atoms with Crippen LogP contribution in [0, 0.1) is 6.92 Å². The molecule has 1 unspecified atom stereocenters. The molecule has 1 aliphatic heterocycles. The van der Waals surface area contributed by atoms with Crippen molar-refractivity contribution in [3.05, 3.63) is 45.8 Å². The maximum Gasteiger partial charge on any atom is 0.191 e. The highest BCUT2D eigenvalue weighted by atomic mass is 32.1. The van der Waals surface area contributed by atoms with Crippen molar-refractivity contribution in [1.82, 2.24) is 15.6 Å². The summed E-state index contributed by atoms with van der Waals surface area (Å²) in [5, 5.41) is 8.87. The average molecular weight is 374 g/mol. The summed E-state index contributed by atoms with van der Waals surface area (Å²) in [6.07, 6.45) is 2.12. The molecule has 0 spiro atoms. The summed E-state index contributed by atoms with van der Waals surface area (Å²) in [5.41, 5.74) is 2.50. The molecule has 3 rings (SSSR count). The van der Waals surface area contributed by atoms with Gasteiger partial charge in [-0.25, -0.2) is 4.98 Å². The van der Waals surface area contributed by atoms with Crippen molar-refractivity contribution in [2.45, 2.75) is 33.0 Å². The normalized spacial score (nSPS) is 18.0. The van der Waals surface area contributed by atoms with Crippen LogP contribution in [0.1, 0.15) is 22.9 Å². The van der Waals surface area contributed by atoms with Crippen LogP contribution in [0.15, 0.2) is 34.8 Å². The van der Waals surface area contributed by atoms with Crippen molar-refractivity contribution in [2.24, 2.45) is 4.99 Å². The zero-order chi connectivity index (χ0) is 18.4. The second-order valence-electron chi connectivity index (χ2n) is 6.46. The number of aliphatic imine (C=N–C) groups is 1. The summed E-state index contributed by atoms with van der Waals surface area (Å²) in [7, 11) is 1.80. The van der Waals surface area contributed by atoms with E-state index in [0.29, 0.717) is 6.54 Å². The van der Waals surface area contributed by atoms with E-state index in [4.69, 9.17) is 4.74 Å². The van der Waals surface area contributed by atoms with Gasteiger partial charge in [-0.15, -0.1) is 11.3 Å². The number of nitrogens with one attached hydrogen (secondary N) is 2. The van der Waals surface area contributed by atoms with Crippen LogP contribution in [0.3, 0.4) is 0 Å². The first-order chi connectivity index (χ1) is 12.7. The van der Waals surface area contributed by atoms with Gasteiger partial charge in [0.15, 0.2) is 5.96 Å². The fraction of sp³-hybridized carbons (Fsp3) is 0.474. The Bertz CT molecular complexity index is 745. The number of guanidine groups is 1. The van der Waals surface area contributed by atoms with Crippen LogP contribution in [-0.4, -0.2) is 43.8 Å². The molecule has 0 amide bonds. The number of anilines is 1. The van der Waals surface area contributed by atoms with Gasteiger partial charge < -0.3 is 20.3 Å². The lowest BCUT2D eigenvalue weighted by molar-refractivity contribution is 0.0529. The van der Waals surface area contributed by atoms with Crippen molar-refractivity contribution in [1.29, 1.82) is 0 Å². The Labute approximate surface area is 159 Å². The third-order valence-electron chi connectivity index (χ3n) is 4.44. The summed E-state index contributed by atoms with van der Waals surface area (Å²) in [6, 6.07) is 6.32. The Hall–Kier alpha value is -2.12. The van der Waals surface area contributed by atoms with E-state index in [-0.39, 0.29) is 6.10 Å². The van der Waals surface area contributed by atoms with E-state index in [9.17, 15) is 0 Å². The highest BCUT2D eigenvalue weighted by Crippen LogP contribution is 2.17. The molecule has 1 aliphatic rings. The predicted octanol–water partition coefficient (Wildman–Crippen LogP) is 2.54. The first-order valence-corrected chi connectivity index (χ1v) is 9.82. The van der Waals surface area contributed by atoms with Gasteiger partial charge in [-0.2, -0.15) is 0 Å². The molecule has 0 aliphatic carbocycles. The zero-order valence-corrected chi connectivity index (χ0v) is 16.5. The minimum absolute atomic E-state index is 0.246. The van der Waals surface area contributed by atoms with Crippen molar-refractivity contribution >= 4 is 23.1 Å². The second kappa shape index (κ2) is 9.00. The van der Waals surface area contributed by atoms with Gasteiger partial charge in [0.25, 0.3) is 0 Å². The Balaban J connectivity index is 1.54. The van der Waals surface area contributed by atoms with E-state index in [1.807, 2.05) is 12.3 Å². The Morgan fingerprint density at radius 2 is 2.23 bits per heavy atom. The van der Waals surface area contributed by atoms with E-state index in [0.717, 1.165) is 38.0 Å². The van der Waals surface area contributed by atoms with Gasteiger partial charge >= 0.3 is 0 Å². The highest BCUT2D eigenvalue weighted by Gasteiger charge is 2.18. The molecule has 2 N–H and O–H groups in total. The third kappa shape index (κ3) is 4.95. The molecule has 1 atom stereocenters. The number of ether oxygens (including phenoxy) is 1. The number of hydrogen-bond acceptors (Lipinski definition) is 5. The minimum Gasteiger partial charge on any atom is -0.375 e. The predicted molar refractivity (Wildman–Crippen MR) is 108 cm³/mol. The largest absolute Gasteiger partial charge is 0.375 e. The maximum absolute atomic E-state index is 5.61. The summed E-state index contributed by atoms with van der Waals surface area (Å²) < 4.78 is 5.61. The van der Waals surface area contributed by atoms with Crippen molar-refractivity contribution in [2.75, 3.05) is 31.6 Å². The quantitative estimate of drug-likeness (QED) is 0.623. The van der Waals surface area contributed by atoms with E-state index in [1.54, 1.807) is 18.4 Å². The summed E-state index contributed by atoms with van der Waals surface area (Å²) in [5.74, 6) is 1.81. The number of hydrogen-bond donors (Lipinski definition) is 2. The average Bonchev–Trinajstić information content (AvgIpc) is 3.07. The lowest BCUT2D eigenvalue weighted by Gasteiger charge is -2.32. The number of pyridine rings is 1. The number of nitrogens with zero attached hydrogens (tertiary/aromatic N) is 3. The van der Waals surface area contributed by atoms with E-state index >= 15 is 0 Å². The van der Waals surface area contributed by atoms with Crippen LogP contribution in [-0.2, 0) is 17.8 Å². The molecule has 0 saturated carbocycles. The van der Waals surface area contributed by atoms with Gasteiger partial charge in [-0.1, -0.05) is 0 Å². The van der Waals surface area contributed by atoms with E-state index in [2.05, 4.69) is 56.9 Å². The van der Waals surface area contributed by atoms with Crippen molar-refractivity contribution < 1.29 is 4.74 Å². The van der Waals surface area contributed by atoms with Gasteiger partial charge in [0, 0.05) is 37.8 Å². The van der Waals surface area contributed by atoms with Crippen molar-refractivity contribution in [3.63, 3.8) is 0 Å². The standard InChI is InChI=1S/C19H27N5OS/c1-14-5-9-26-17(14)12-23-19(20-3)22-11-16-4-6-21-18(10-16)24-7-8-25-15(2)13-24/h4-6,9-10,15H,7-8,11-13H2,1-3H3,(H2,20,22,23). The van der Waals surface area contributed by atoms with Gasteiger partial charge in [0.2, 0.25) is 0 Å². The molecule has 2 aromatic rings. The van der Waals surface area contributed by atoms with Gasteiger partial charge in [0.1, 0.15) is 5.82 Å². The molecule has 1 fully saturated rings. The summed E-state index contributed by atoms with van der Waals surface area (Å²) >= 11 is 1.77.